The molecular formula is C11H10BrN5O3. The largest absolute Gasteiger partial charge is 0.478 e. The van der Waals surface area contributed by atoms with E-state index in [0.717, 1.165) is 0 Å². The average Bonchev–Trinajstić information content (AvgIpc) is 2.77. The molecule has 1 heterocycles. The van der Waals surface area contributed by atoms with Crippen LogP contribution in [0.4, 0.5) is 5.69 Å². The minimum absolute atomic E-state index is 0.00353. The number of aromatic carboxylic acids is 1. The van der Waals surface area contributed by atoms with Crippen molar-refractivity contribution in [1.29, 1.82) is 0 Å². The van der Waals surface area contributed by atoms with Crippen LogP contribution >= 0.6 is 15.9 Å². The van der Waals surface area contributed by atoms with E-state index in [4.69, 9.17) is 5.11 Å². The van der Waals surface area contributed by atoms with Gasteiger partial charge in [0.2, 0.25) is 5.91 Å². The highest BCUT2D eigenvalue weighted by Gasteiger charge is 2.15. The minimum Gasteiger partial charge on any atom is -0.478 e. The molecule has 0 saturated heterocycles. The second-order valence-corrected chi connectivity index (χ2v) is 4.85. The number of nitrogens with zero attached hydrogens (tertiary/aromatic N) is 4. The molecule has 8 nitrogen and oxygen atoms in total. The van der Waals surface area contributed by atoms with Crippen LogP contribution in [0.25, 0.3) is 0 Å². The smallest absolute Gasteiger partial charge is 0.337 e. The van der Waals surface area contributed by atoms with Gasteiger partial charge in [-0.05, 0) is 28.6 Å². The van der Waals surface area contributed by atoms with E-state index in [1.165, 1.54) is 16.8 Å². The molecule has 2 aromatic rings. The molecule has 0 unspecified atom stereocenters. The Labute approximate surface area is 121 Å². The number of amides is 1. The number of carbonyl (C=O) groups excluding carboxylic acids is 1. The first-order valence-corrected chi connectivity index (χ1v) is 6.30. The first-order chi connectivity index (χ1) is 9.47. The number of rotatable bonds is 4. The second kappa shape index (κ2) is 5.78. The first-order valence-electron chi connectivity index (χ1n) is 5.51. The maximum atomic E-state index is 11.9. The lowest BCUT2D eigenvalue weighted by Crippen LogP contribution is -2.18. The molecule has 0 atom stereocenters. The van der Waals surface area contributed by atoms with Crippen LogP contribution in [0.5, 0.6) is 0 Å². The highest BCUT2D eigenvalue weighted by molar-refractivity contribution is 9.10. The zero-order chi connectivity index (χ0) is 14.7. The zero-order valence-electron chi connectivity index (χ0n) is 10.4. The Morgan fingerprint density at radius 3 is 2.80 bits per heavy atom. The fraction of sp³-hybridized carbons (Fsp3) is 0.182. The summed E-state index contributed by atoms with van der Waals surface area (Å²) in [5, 5.41) is 22.3. The highest BCUT2D eigenvalue weighted by Crippen LogP contribution is 2.21. The molecule has 0 saturated carbocycles. The maximum absolute atomic E-state index is 11.9. The Bertz CT molecular complexity index is 670. The number of anilines is 1. The van der Waals surface area contributed by atoms with Gasteiger partial charge in [0.05, 0.1) is 17.7 Å². The van der Waals surface area contributed by atoms with Crippen LogP contribution in [0.15, 0.2) is 22.7 Å². The van der Waals surface area contributed by atoms with Gasteiger partial charge in [-0.25, -0.2) is 9.48 Å². The normalized spacial score (nSPS) is 10.3. The second-order valence-electron chi connectivity index (χ2n) is 3.94. The summed E-state index contributed by atoms with van der Waals surface area (Å²) >= 11 is 3.18. The van der Waals surface area contributed by atoms with Crippen molar-refractivity contribution in [3.05, 3.63) is 34.1 Å². The van der Waals surface area contributed by atoms with E-state index in [0.29, 0.717) is 10.3 Å². The monoisotopic (exact) mass is 339 g/mol. The summed E-state index contributed by atoms with van der Waals surface area (Å²) in [5.41, 5.74) is 0.227. The standard InChI is InChI=1S/C11H10BrN5O3/c1-17-9(14-15-16-17)5-10(18)13-8-3-2-6(12)4-7(8)11(19)20/h2-4H,5H2,1H3,(H,13,18)(H,19,20). The average molecular weight is 340 g/mol. The van der Waals surface area contributed by atoms with E-state index in [1.807, 2.05) is 0 Å². The van der Waals surface area contributed by atoms with E-state index in [2.05, 4.69) is 36.8 Å². The van der Waals surface area contributed by atoms with Crippen LogP contribution in [-0.2, 0) is 18.3 Å². The number of carboxylic acid groups (broad SMARTS) is 1. The Hall–Kier alpha value is -2.29. The van der Waals surface area contributed by atoms with Crippen molar-refractivity contribution >= 4 is 33.5 Å². The fourth-order valence-electron chi connectivity index (χ4n) is 1.54. The Morgan fingerprint density at radius 1 is 1.45 bits per heavy atom. The van der Waals surface area contributed by atoms with Gasteiger partial charge in [-0.1, -0.05) is 15.9 Å². The Balaban J connectivity index is 2.16. The third kappa shape index (κ3) is 3.18. The molecular weight excluding hydrogens is 330 g/mol. The van der Waals surface area contributed by atoms with Gasteiger partial charge in [0.25, 0.3) is 0 Å². The van der Waals surface area contributed by atoms with Crippen LogP contribution in [0.1, 0.15) is 16.2 Å². The quantitative estimate of drug-likeness (QED) is 0.854. The molecule has 0 aliphatic rings. The molecule has 9 heteroatoms. The summed E-state index contributed by atoms with van der Waals surface area (Å²) in [5.74, 6) is -1.13. The van der Waals surface area contributed by atoms with Crippen LogP contribution in [0.2, 0.25) is 0 Å². The molecule has 1 aromatic carbocycles. The molecule has 0 aliphatic heterocycles. The number of carbonyl (C=O) groups is 2. The molecule has 0 aliphatic carbocycles. The number of aromatic nitrogens is 4. The number of halogens is 1. The van der Waals surface area contributed by atoms with Gasteiger partial charge in [0.15, 0.2) is 5.82 Å². The summed E-state index contributed by atoms with van der Waals surface area (Å²) in [6.45, 7) is 0. The van der Waals surface area contributed by atoms with E-state index in [1.54, 1.807) is 13.1 Å². The molecule has 0 bridgehead atoms. The van der Waals surface area contributed by atoms with Crippen molar-refractivity contribution < 1.29 is 14.7 Å². The molecule has 0 radical (unpaired) electrons. The first kappa shape index (κ1) is 14.1. The van der Waals surface area contributed by atoms with E-state index in [-0.39, 0.29) is 17.7 Å². The van der Waals surface area contributed by atoms with Crippen molar-refractivity contribution in [2.45, 2.75) is 6.42 Å². The van der Waals surface area contributed by atoms with Crippen LogP contribution in [-0.4, -0.2) is 37.2 Å². The van der Waals surface area contributed by atoms with Gasteiger partial charge in [0.1, 0.15) is 0 Å². The summed E-state index contributed by atoms with van der Waals surface area (Å²) < 4.78 is 1.99. The summed E-state index contributed by atoms with van der Waals surface area (Å²) in [4.78, 5) is 23.0. The van der Waals surface area contributed by atoms with E-state index >= 15 is 0 Å². The third-order valence-electron chi connectivity index (χ3n) is 2.51. The van der Waals surface area contributed by atoms with Gasteiger partial charge in [-0.15, -0.1) is 5.10 Å². The minimum atomic E-state index is -1.12. The van der Waals surface area contributed by atoms with E-state index < -0.39 is 11.9 Å². The lowest BCUT2D eigenvalue weighted by atomic mass is 10.1. The Kier molecular flexibility index (Phi) is 4.08. The van der Waals surface area contributed by atoms with Gasteiger partial charge < -0.3 is 10.4 Å². The summed E-state index contributed by atoms with van der Waals surface area (Å²) in [6.07, 6.45) is -0.0430. The molecule has 2 N–H and O–H groups in total. The molecule has 2 rings (SSSR count). The topological polar surface area (TPSA) is 110 Å². The molecule has 1 amide bonds. The SMILES string of the molecule is Cn1nnnc1CC(=O)Nc1ccc(Br)cc1C(=O)O. The fourth-order valence-corrected chi connectivity index (χ4v) is 1.90. The van der Waals surface area contributed by atoms with E-state index in [9.17, 15) is 9.59 Å². The lowest BCUT2D eigenvalue weighted by molar-refractivity contribution is -0.115. The highest BCUT2D eigenvalue weighted by atomic mass is 79.9. The number of benzene rings is 1. The zero-order valence-corrected chi connectivity index (χ0v) is 12.0. The van der Waals surface area contributed by atoms with Gasteiger partial charge in [0, 0.05) is 11.5 Å². The van der Waals surface area contributed by atoms with Crippen LogP contribution in [0, 0.1) is 0 Å². The van der Waals surface area contributed by atoms with Crippen LogP contribution < -0.4 is 5.32 Å². The van der Waals surface area contributed by atoms with Crippen molar-refractivity contribution in [2.75, 3.05) is 5.32 Å². The lowest BCUT2D eigenvalue weighted by Gasteiger charge is -2.08. The van der Waals surface area contributed by atoms with Gasteiger partial charge >= 0.3 is 5.97 Å². The molecule has 0 fully saturated rings. The predicted molar refractivity (Wildman–Crippen MR) is 72.2 cm³/mol. The molecule has 20 heavy (non-hydrogen) atoms. The predicted octanol–water partition coefficient (Wildman–Crippen LogP) is 0.852. The number of hydrogen-bond donors (Lipinski definition) is 2. The van der Waals surface area contributed by atoms with Crippen molar-refractivity contribution in [1.82, 2.24) is 20.2 Å². The number of carboxylic acids is 1. The molecule has 0 spiro atoms. The third-order valence-corrected chi connectivity index (χ3v) is 3.01. The molecule has 1 aromatic heterocycles. The van der Waals surface area contributed by atoms with Gasteiger partial charge in [-0.3, -0.25) is 4.79 Å². The maximum Gasteiger partial charge on any atom is 0.337 e. The number of tetrazole rings is 1. The summed E-state index contributed by atoms with van der Waals surface area (Å²) in [7, 11) is 1.62. The van der Waals surface area contributed by atoms with Crippen LogP contribution in [0.3, 0.4) is 0 Å². The number of nitrogens with one attached hydrogen (secondary N) is 1. The summed E-state index contributed by atoms with van der Waals surface area (Å²) in [6, 6.07) is 4.58. The molecule has 104 valence electrons. The number of aryl methyl sites for hydroxylation is 1. The van der Waals surface area contributed by atoms with Gasteiger partial charge in [-0.2, -0.15) is 0 Å². The number of hydrogen-bond acceptors (Lipinski definition) is 5. The Morgan fingerprint density at radius 2 is 2.20 bits per heavy atom. The van der Waals surface area contributed by atoms with Crippen molar-refractivity contribution in [2.24, 2.45) is 7.05 Å². The van der Waals surface area contributed by atoms with Crippen molar-refractivity contribution in [3.63, 3.8) is 0 Å². The van der Waals surface area contributed by atoms with Crippen molar-refractivity contribution in [3.8, 4) is 0 Å².